The Hall–Kier alpha value is 0.100. The van der Waals surface area contributed by atoms with E-state index in [-0.39, 0.29) is 6.92 Å². The Balaban J connectivity index is 4.78. The molecule has 0 aromatic heterocycles. The van der Waals surface area contributed by atoms with Crippen LogP contribution in [-0.4, -0.2) is 27.9 Å². The maximum absolute atomic E-state index is 13.0. The lowest BCUT2D eigenvalue weighted by Gasteiger charge is -2.29. The molecule has 0 amide bonds. The predicted octanol–water partition coefficient (Wildman–Crippen LogP) is 5.06. The zero-order valence-electron chi connectivity index (χ0n) is 8.77. The molecule has 10 heteroatoms. The highest BCUT2D eigenvalue weighted by molar-refractivity contribution is 14.1. The zero-order valence-corrected chi connectivity index (χ0v) is 10.9. The van der Waals surface area contributed by atoms with E-state index in [2.05, 4.69) is 0 Å². The third-order valence-electron chi connectivity index (χ3n) is 2.01. The van der Waals surface area contributed by atoms with Crippen molar-refractivity contribution in [1.82, 2.24) is 0 Å². The summed E-state index contributed by atoms with van der Waals surface area (Å²) in [5.74, 6) is -4.40. The van der Waals surface area contributed by atoms with Crippen molar-refractivity contribution in [3.8, 4) is 0 Å². The predicted molar refractivity (Wildman–Crippen MR) is 53.6 cm³/mol. The van der Waals surface area contributed by atoms with Gasteiger partial charge in [-0.3, -0.25) is 0 Å². The quantitative estimate of drug-likeness (QED) is 0.351. The first-order valence-corrected chi connectivity index (χ1v) is 5.67. The lowest BCUT2D eigenvalue weighted by molar-refractivity contribution is -0.245. The number of alkyl halides is 10. The van der Waals surface area contributed by atoms with Crippen LogP contribution < -0.4 is 0 Å². The Bertz CT molecular complexity index is 277. The maximum atomic E-state index is 13.0. The summed E-state index contributed by atoms with van der Waals surface area (Å²) < 4.78 is 108. The number of hydrogen-bond acceptors (Lipinski definition) is 0. The van der Waals surface area contributed by atoms with E-state index in [4.69, 9.17) is 0 Å². The molecule has 110 valence electrons. The van der Waals surface area contributed by atoms with Crippen molar-refractivity contribution in [2.45, 2.75) is 47.6 Å². The van der Waals surface area contributed by atoms with Crippen LogP contribution in [0, 0.1) is 0 Å². The summed E-state index contributed by atoms with van der Waals surface area (Å²) in [6.07, 6.45) is -14.8. The molecule has 2 unspecified atom stereocenters. The van der Waals surface area contributed by atoms with Crippen LogP contribution in [0.3, 0.4) is 0 Å². The van der Waals surface area contributed by atoms with Gasteiger partial charge >= 0.3 is 12.4 Å². The second kappa shape index (κ2) is 5.23. The van der Waals surface area contributed by atoms with Crippen molar-refractivity contribution >= 4 is 22.6 Å². The normalized spacial score (nSPS) is 19.5. The van der Waals surface area contributed by atoms with Gasteiger partial charge in [-0.15, -0.1) is 0 Å². The van der Waals surface area contributed by atoms with Crippen LogP contribution in [0.2, 0.25) is 0 Å². The van der Waals surface area contributed by atoms with Crippen molar-refractivity contribution in [2.24, 2.45) is 0 Å². The molecule has 0 spiro atoms. The van der Waals surface area contributed by atoms with Gasteiger partial charge in [0, 0.05) is 6.42 Å². The van der Waals surface area contributed by atoms with Crippen LogP contribution in [-0.2, 0) is 0 Å². The minimum Gasteiger partial charge on any atom is -0.234 e. The third kappa shape index (κ3) is 5.39. The van der Waals surface area contributed by atoms with Crippen LogP contribution in [0.1, 0.15) is 19.8 Å². The standard InChI is InChI=1S/C8H8F9I/c1-5(9,8(15,16)17)3-6(10,11)2-4(18)7(12,13)14/h4H,2-3H2,1H3. The first-order valence-electron chi connectivity index (χ1n) is 4.43. The fourth-order valence-corrected chi connectivity index (χ4v) is 1.68. The summed E-state index contributed by atoms with van der Waals surface area (Å²) in [4.78, 5) is 0. The topological polar surface area (TPSA) is 0 Å². The van der Waals surface area contributed by atoms with E-state index >= 15 is 0 Å². The van der Waals surface area contributed by atoms with E-state index in [0.717, 1.165) is 0 Å². The first-order chi connectivity index (χ1) is 7.58. The fraction of sp³-hybridized carbons (Fsp3) is 1.00. The van der Waals surface area contributed by atoms with Crippen LogP contribution in [0.15, 0.2) is 0 Å². The van der Waals surface area contributed by atoms with Crippen molar-refractivity contribution in [3.05, 3.63) is 0 Å². The van der Waals surface area contributed by atoms with Crippen molar-refractivity contribution in [1.29, 1.82) is 0 Å². The van der Waals surface area contributed by atoms with E-state index in [1.54, 1.807) is 0 Å². The molecule has 0 N–H and O–H groups in total. The number of halogens is 10. The van der Waals surface area contributed by atoms with Crippen LogP contribution in [0.25, 0.3) is 0 Å². The molecule has 0 nitrogen and oxygen atoms in total. The molecule has 0 radical (unpaired) electrons. The molecule has 18 heavy (non-hydrogen) atoms. The van der Waals surface area contributed by atoms with E-state index in [1.807, 2.05) is 0 Å². The van der Waals surface area contributed by atoms with Gasteiger partial charge in [0.2, 0.25) is 5.67 Å². The summed E-state index contributed by atoms with van der Waals surface area (Å²) in [5.41, 5.74) is -4.24. The highest BCUT2D eigenvalue weighted by Gasteiger charge is 2.58. The number of hydrogen-bond donors (Lipinski definition) is 0. The molecule has 0 saturated heterocycles. The Morgan fingerprint density at radius 2 is 1.28 bits per heavy atom. The van der Waals surface area contributed by atoms with Crippen LogP contribution in [0.5, 0.6) is 0 Å². The second-order valence-corrected chi connectivity index (χ2v) is 5.44. The van der Waals surface area contributed by atoms with Crippen LogP contribution in [0.4, 0.5) is 39.5 Å². The summed E-state index contributed by atoms with van der Waals surface area (Å²) in [5, 5.41) is 0. The smallest absolute Gasteiger partial charge is 0.234 e. The largest absolute Gasteiger partial charge is 0.422 e. The van der Waals surface area contributed by atoms with Gasteiger partial charge in [-0.1, -0.05) is 22.6 Å². The average molecular weight is 402 g/mol. The zero-order chi connectivity index (χ0) is 15.0. The minimum atomic E-state index is -5.56. The highest BCUT2D eigenvalue weighted by Crippen LogP contribution is 2.44. The van der Waals surface area contributed by atoms with Gasteiger partial charge in [0.15, 0.2) is 0 Å². The van der Waals surface area contributed by atoms with E-state index in [0.29, 0.717) is 22.6 Å². The molecule has 0 aliphatic rings. The number of rotatable bonds is 4. The lowest BCUT2D eigenvalue weighted by atomic mass is 9.96. The van der Waals surface area contributed by atoms with Crippen LogP contribution >= 0.6 is 22.6 Å². The Morgan fingerprint density at radius 3 is 1.56 bits per heavy atom. The monoisotopic (exact) mass is 402 g/mol. The van der Waals surface area contributed by atoms with E-state index in [1.165, 1.54) is 0 Å². The van der Waals surface area contributed by atoms with Gasteiger partial charge < -0.3 is 0 Å². The van der Waals surface area contributed by atoms with Crippen molar-refractivity contribution in [3.63, 3.8) is 0 Å². The molecule has 0 aromatic rings. The van der Waals surface area contributed by atoms with Gasteiger partial charge in [0.05, 0.1) is 6.42 Å². The third-order valence-corrected chi connectivity index (χ3v) is 3.16. The van der Waals surface area contributed by atoms with Crippen molar-refractivity contribution in [2.75, 3.05) is 0 Å². The molecule has 0 rings (SSSR count). The Labute approximate surface area is 110 Å². The van der Waals surface area contributed by atoms with Crippen molar-refractivity contribution < 1.29 is 39.5 Å². The maximum Gasteiger partial charge on any atom is 0.422 e. The van der Waals surface area contributed by atoms with Gasteiger partial charge in [-0.25, -0.2) is 13.2 Å². The Kier molecular flexibility index (Phi) is 5.26. The Morgan fingerprint density at radius 1 is 0.889 bits per heavy atom. The molecule has 0 aliphatic carbocycles. The summed E-state index contributed by atoms with van der Waals surface area (Å²) in [7, 11) is 0. The lowest BCUT2D eigenvalue weighted by Crippen LogP contribution is -2.44. The molecule has 0 saturated carbocycles. The summed E-state index contributed by atoms with van der Waals surface area (Å²) in [6, 6.07) is 0. The van der Waals surface area contributed by atoms with Gasteiger partial charge in [0.1, 0.15) is 3.92 Å². The molecular weight excluding hydrogens is 394 g/mol. The average Bonchev–Trinajstić information content (AvgIpc) is 1.95. The molecule has 0 aliphatic heterocycles. The van der Waals surface area contributed by atoms with Gasteiger partial charge in [-0.05, 0) is 6.92 Å². The SMILES string of the molecule is CC(F)(CC(F)(F)CC(I)C(F)(F)F)C(F)(F)F. The minimum absolute atomic E-state index is 0.128. The molecule has 0 fully saturated rings. The molecular formula is C8H8F9I. The molecule has 0 heterocycles. The van der Waals surface area contributed by atoms with Gasteiger partial charge in [0.25, 0.3) is 5.92 Å². The summed E-state index contributed by atoms with van der Waals surface area (Å²) in [6.45, 7) is -0.128. The molecule has 2 atom stereocenters. The van der Waals surface area contributed by atoms with E-state index in [9.17, 15) is 39.5 Å². The molecule has 0 bridgehead atoms. The molecule has 0 aromatic carbocycles. The van der Waals surface area contributed by atoms with E-state index < -0.39 is 40.7 Å². The second-order valence-electron chi connectivity index (χ2n) is 3.94. The first kappa shape index (κ1) is 18.1. The highest BCUT2D eigenvalue weighted by atomic mass is 127. The summed E-state index contributed by atoms with van der Waals surface area (Å²) >= 11 is 0.637. The van der Waals surface area contributed by atoms with Gasteiger partial charge in [-0.2, -0.15) is 26.3 Å². The fourth-order valence-electron chi connectivity index (χ4n) is 1.04.